The lowest BCUT2D eigenvalue weighted by Gasteiger charge is -2.19. The smallest absolute Gasteiger partial charge is 0.130 e. The second-order valence-corrected chi connectivity index (χ2v) is 5.28. The van der Waals surface area contributed by atoms with Crippen molar-refractivity contribution in [2.75, 3.05) is 6.54 Å². The van der Waals surface area contributed by atoms with Crippen molar-refractivity contribution in [3.8, 4) is 0 Å². The molecule has 0 amide bonds. The van der Waals surface area contributed by atoms with Crippen LogP contribution in [0.2, 0.25) is 0 Å². The zero-order valence-corrected chi connectivity index (χ0v) is 12.7. The molecule has 1 unspecified atom stereocenters. The van der Waals surface area contributed by atoms with Gasteiger partial charge in [0.05, 0.1) is 5.69 Å². The monoisotopic (exact) mass is 293 g/mol. The molecule has 21 heavy (non-hydrogen) atoms. The average Bonchev–Trinajstić information content (AvgIpc) is 2.73. The summed E-state index contributed by atoms with van der Waals surface area (Å²) in [5.41, 5.74) is 2.44. The topological polar surface area (TPSA) is 29.9 Å². The molecule has 0 aliphatic carbocycles. The summed E-state index contributed by atoms with van der Waals surface area (Å²) in [6.45, 7) is 4.76. The van der Waals surface area contributed by atoms with Gasteiger partial charge < -0.3 is 5.32 Å². The second-order valence-electron chi connectivity index (χ2n) is 5.28. The van der Waals surface area contributed by atoms with Gasteiger partial charge in [0.15, 0.2) is 0 Å². The molecule has 2 aromatic rings. The highest BCUT2D eigenvalue weighted by Gasteiger charge is 2.18. The first-order valence-corrected chi connectivity index (χ1v) is 7.19. The summed E-state index contributed by atoms with van der Waals surface area (Å²) in [4.78, 5) is 0. The Kier molecular flexibility index (Phi) is 5.07. The summed E-state index contributed by atoms with van der Waals surface area (Å²) in [5.74, 6) is -1.07. The second kappa shape index (κ2) is 6.80. The van der Waals surface area contributed by atoms with E-state index in [0.29, 0.717) is 12.0 Å². The summed E-state index contributed by atoms with van der Waals surface area (Å²) in [5, 5.41) is 7.64. The Hall–Kier alpha value is -1.75. The van der Waals surface area contributed by atoms with Crippen molar-refractivity contribution < 1.29 is 8.78 Å². The van der Waals surface area contributed by atoms with E-state index in [0.717, 1.165) is 30.4 Å². The fraction of sp³-hybridized carbons (Fsp3) is 0.438. The predicted octanol–water partition coefficient (Wildman–Crippen LogP) is 3.29. The van der Waals surface area contributed by atoms with Crippen LogP contribution in [0.3, 0.4) is 0 Å². The first kappa shape index (κ1) is 15.6. The SMILES string of the molecule is CCCNC(Cc1cc(C)nn1C)c1ccc(F)cc1F. The molecule has 0 spiro atoms. The van der Waals surface area contributed by atoms with Crippen molar-refractivity contribution in [1.82, 2.24) is 15.1 Å². The maximum Gasteiger partial charge on any atom is 0.130 e. The van der Waals surface area contributed by atoms with Gasteiger partial charge in [-0.1, -0.05) is 13.0 Å². The van der Waals surface area contributed by atoms with Gasteiger partial charge in [0.2, 0.25) is 0 Å². The van der Waals surface area contributed by atoms with Gasteiger partial charge in [-0.2, -0.15) is 5.10 Å². The van der Waals surface area contributed by atoms with Gasteiger partial charge in [0.25, 0.3) is 0 Å². The lowest BCUT2D eigenvalue weighted by atomic mass is 10.0. The van der Waals surface area contributed by atoms with Crippen LogP contribution in [0.5, 0.6) is 0 Å². The Bertz CT molecular complexity index is 608. The molecule has 0 aliphatic heterocycles. The molecule has 0 bridgehead atoms. The van der Waals surface area contributed by atoms with Crippen molar-refractivity contribution in [3.05, 3.63) is 52.9 Å². The van der Waals surface area contributed by atoms with Gasteiger partial charge in [0, 0.05) is 36.8 Å². The van der Waals surface area contributed by atoms with E-state index in [-0.39, 0.29) is 6.04 Å². The van der Waals surface area contributed by atoms with E-state index < -0.39 is 11.6 Å². The van der Waals surface area contributed by atoms with Crippen molar-refractivity contribution in [3.63, 3.8) is 0 Å². The Morgan fingerprint density at radius 3 is 2.62 bits per heavy atom. The molecule has 5 heteroatoms. The number of aromatic nitrogens is 2. The first-order valence-electron chi connectivity index (χ1n) is 7.19. The van der Waals surface area contributed by atoms with E-state index in [1.54, 1.807) is 4.68 Å². The third kappa shape index (κ3) is 3.88. The van der Waals surface area contributed by atoms with Gasteiger partial charge in [-0.25, -0.2) is 8.78 Å². The van der Waals surface area contributed by atoms with Gasteiger partial charge >= 0.3 is 0 Å². The van der Waals surface area contributed by atoms with E-state index in [2.05, 4.69) is 17.3 Å². The van der Waals surface area contributed by atoms with Crippen LogP contribution < -0.4 is 5.32 Å². The summed E-state index contributed by atoms with van der Waals surface area (Å²) in [7, 11) is 1.88. The molecule has 0 radical (unpaired) electrons. The molecule has 1 atom stereocenters. The van der Waals surface area contributed by atoms with Gasteiger partial charge in [-0.3, -0.25) is 4.68 Å². The zero-order valence-electron chi connectivity index (χ0n) is 12.7. The minimum absolute atomic E-state index is 0.194. The summed E-state index contributed by atoms with van der Waals surface area (Å²) in [6.07, 6.45) is 1.56. The van der Waals surface area contributed by atoms with Crippen molar-refractivity contribution in [2.24, 2.45) is 7.05 Å². The first-order chi connectivity index (χ1) is 10.0. The number of hydrogen-bond donors (Lipinski definition) is 1. The van der Waals surface area contributed by atoms with Crippen LogP contribution in [0.25, 0.3) is 0 Å². The number of aryl methyl sites for hydroxylation is 2. The summed E-state index contributed by atoms with van der Waals surface area (Å²) in [6, 6.07) is 5.54. The fourth-order valence-electron chi connectivity index (χ4n) is 2.46. The van der Waals surface area contributed by atoms with E-state index in [1.165, 1.54) is 12.1 Å². The Morgan fingerprint density at radius 2 is 2.05 bits per heavy atom. The molecule has 1 aromatic carbocycles. The van der Waals surface area contributed by atoms with Crippen molar-refractivity contribution in [1.29, 1.82) is 0 Å². The minimum Gasteiger partial charge on any atom is -0.310 e. The fourth-order valence-corrected chi connectivity index (χ4v) is 2.46. The minimum atomic E-state index is -0.554. The van der Waals surface area contributed by atoms with E-state index in [1.807, 2.05) is 20.0 Å². The van der Waals surface area contributed by atoms with Gasteiger partial charge in [-0.15, -0.1) is 0 Å². The average molecular weight is 293 g/mol. The highest BCUT2D eigenvalue weighted by molar-refractivity contribution is 5.24. The molecule has 114 valence electrons. The van der Waals surface area contributed by atoms with E-state index in [9.17, 15) is 8.78 Å². The Labute approximate surface area is 124 Å². The number of hydrogen-bond acceptors (Lipinski definition) is 2. The van der Waals surface area contributed by atoms with Crippen molar-refractivity contribution in [2.45, 2.75) is 32.7 Å². The van der Waals surface area contributed by atoms with Crippen molar-refractivity contribution >= 4 is 0 Å². The van der Waals surface area contributed by atoms with E-state index in [4.69, 9.17) is 0 Å². The molecular formula is C16H21F2N3. The maximum absolute atomic E-state index is 14.0. The maximum atomic E-state index is 14.0. The Morgan fingerprint density at radius 1 is 1.29 bits per heavy atom. The van der Waals surface area contributed by atoms with Crippen LogP contribution in [-0.2, 0) is 13.5 Å². The summed E-state index contributed by atoms with van der Waals surface area (Å²) >= 11 is 0. The molecule has 2 rings (SSSR count). The van der Waals surface area contributed by atoms with Crippen LogP contribution in [0, 0.1) is 18.6 Å². The quantitative estimate of drug-likeness (QED) is 0.885. The molecule has 0 fully saturated rings. The third-order valence-electron chi connectivity index (χ3n) is 3.49. The number of nitrogens with one attached hydrogen (secondary N) is 1. The van der Waals surface area contributed by atoms with Gasteiger partial charge in [0.1, 0.15) is 11.6 Å². The van der Waals surface area contributed by atoms with Crippen LogP contribution >= 0.6 is 0 Å². The predicted molar refractivity (Wildman–Crippen MR) is 79.0 cm³/mol. The largest absolute Gasteiger partial charge is 0.310 e. The lowest BCUT2D eigenvalue weighted by Crippen LogP contribution is -2.26. The van der Waals surface area contributed by atoms with Crippen LogP contribution in [0.1, 0.15) is 36.3 Å². The standard InChI is InChI=1S/C16H21F2N3/c1-4-7-19-16(10-13-8-11(2)20-21(13)3)14-6-5-12(17)9-15(14)18/h5-6,8-9,16,19H,4,7,10H2,1-3H3. The van der Waals surface area contributed by atoms with Crippen LogP contribution in [0.4, 0.5) is 8.78 Å². The molecule has 1 heterocycles. The number of nitrogens with zero attached hydrogens (tertiary/aromatic N) is 2. The third-order valence-corrected chi connectivity index (χ3v) is 3.49. The number of rotatable bonds is 6. The molecule has 0 aliphatic rings. The molecule has 0 saturated carbocycles. The number of benzene rings is 1. The van der Waals surface area contributed by atoms with Crippen LogP contribution in [-0.4, -0.2) is 16.3 Å². The Balaban J connectivity index is 2.27. The normalized spacial score (nSPS) is 12.6. The molecule has 3 nitrogen and oxygen atoms in total. The van der Waals surface area contributed by atoms with E-state index >= 15 is 0 Å². The molecular weight excluding hydrogens is 272 g/mol. The zero-order chi connectivity index (χ0) is 15.4. The number of halogens is 2. The highest BCUT2D eigenvalue weighted by atomic mass is 19.1. The molecule has 1 aromatic heterocycles. The molecule has 1 N–H and O–H groups in total. The highest BCUT2D eigenvalue weighted by Crippen LogP contribution is 2.22. The van der Waals surface area contributed by atoms with Gasteiger partial charge in [-0.05, 0) is 32.0 Å². The summed E-state index contributed by atoms with van der Waals surface area (Å²) < 4.78 is 28.9. The molecule has 0 saturated heterocycles. The lowest BCUT2D eigenvalue weighted by molar-refractivity contribution is 0.480. The van der Waals surface area contributed by atoms with Crippen LogP contribution in [0.15, 0.2) is 24.3 Å².